The molecule has 1 heteroatoms. The van der Waals surface area contributed by atoms with Crippen LogP contribution in [-0.2, 0) is 0 Å². The van der Waals surface area contributed by atoms with Crippen LogP contribution in [0.4, 0.5) is 0 Å². The van der Waals surface area contributed by atoms with Gasteiger partial charge in [-0.1, -0.05) is 39.3 Å². The average molecular weight is 220 g/mol. The van der Waals surface area contributed by atoms with Crippen molar-refractivity contribution in [1.82, 2.24) is 0 Å². The van der Waals surface area contributed by atoms with E-state index in [-0.39, 0.29) is 0 Å². The Hall–Kier alpha value is -0.300. The van der Waals surface area contributed by atoms with Gasteiger partial charge in [-0.3, -0.25) is 0 Å². The van der Waals surface area contributed by atoms with E-state index in [1.54, 1.807) is 0 Å². The van der Waals surface area contributed by atoms with E-state index in [1.807, 2.05) is 6.92 Å². The Balaban J connectivity index is 2.13. The molecule has 90 valence electrons. The van der Waals surface area contributed by atoms with Crippen LogP contribution >= 0.6 is 0 Å². The Labute approximate surface area is 98.9 Å². The Morgan fingerprint density at radius 3 is 2.44 bits per heavy atom. The minimum atomic E-state index is -0.561. The van der Waals surface area contributed by atoms with Gasteiger partial charge in [0.1, 0.15) is 0 Å². The first kappa shape index (κ1) is 10.8. The molecule has 0 radical (unpaired) electrons. The first-order chi connectivity index (χ1) is 7.25. The Kier molecular flexibility index (Phi) is 1.75. The Bertz CT molecular complexity index is 366. The molecule has 16 heavy (non-hydrogen) atoms. The summed E-state index contributed by atoms with van der Waals surface area (Å²) in [7, 11) is 0. The average Bonchev–Trinajstić information content (AvgIpc) is 2.89. The molecule has 0 saturated heterocycles. The molecule has 2 saturated carbocycles. The van der Waals surface area contributed by atoms with Gasteiger partial charge in [-0.15, -0.1) is 0 Å². The van der Waals surface area contributed by atoms with Gasteiger partial charge in [0, 0.05) is 0 Å². The minimum absolute atomic E-state index is 0.335. The molecule has 3 aliphatic rings. The predicted octanol–water partition coefficient (Wildman–Crippen LogP) is 3.53. The second kappa shape index (κ2) is 2.58. The van der Waals surface area contributed by atoms with E-state index >= 15 is 0 Å². The third-order valence-electron chi connectivity index (χ3n) is 6.18. The lowest BCUT2D eigenvalue weighted by molar-refractivity contribution is -0.0523. The van der Waals surface area contributed by atoms with E-state index in [4.69, 9.17) is 0 Å². The maximum absolute atomic E-state index is 10.5. The molecule has 4 atom stereocenters. The van der Waals surface area contributed by atoms with E-state index in [0.29, 0.717) is 22.2 Å². The van der Waals surface area contributed by atoms with Gasteiger partial charge in [0.2, 0.25) is 0 Å². The third-order valence-corrected chi connectivity index (χ3v) is 6.18. The summed E-state index contributed by atoms with van der Waals surface area (Å²) in [5.41, 5.74) is 0.533. The minimum Gasteiger partial charge on any atom is -0.386 e. The number of hydrogen-bond donors (Lipinski definition) is 1. The van der Waals surface area contributed by atoms with Crippen molar-refractivity contribution >= 4 is 0 Å². The number of aliphatic hydroxyl groups is 1. The van der Waals surface area contributed by atoms with Crippen LogP contribution in [0.2, 0.25) is 0 Å². The fraction of sp³-hybridized carbons (Fsp3) is 0.867. The smallest absolute Gasteiger partial charge is 0.0833 e. The number of rotatable bonds is 0. The molecule has 1 spiro atoms. The molecule has 0 bridgehead atoms. The summed E-state index contributed by atoms with van der Waals surface area (Å²) in [5.74, 6) is 0.491. The Morgan fingerprint density at radius 2 is 1.75 bits per heavy atom. The number of allylic oxidation sites excluding steroid dienone is 1. The lowest BCUT2D eigenvalue weighted by Crippen LogP contribution is -2.49. The van der Waals surface area contributed by atoms with Crippen LogP contribution < -0.4 is 0 Å². The molecule has 0 amide bonds. The normalized spacial score (nSPS) is 57.7. The lowest BCUT2D eigenvalue weighted by atomic mass is 9.50. The van der Waals surface area contributed by atoms with E-state index in [9.17, 15) is 5.11 Å². The molecule has 0 aromatic carbocycles. The summed E-state index contributed by atoms with van der Waals surface area (Å²) in [6.45, 7) is 9.24. The number of hydrogen-bond acceptors (Lipinski definition) is 1. The zero-order valence-electron chi connectivity index (χ0n) is 11.0. The quantitative estimate of drug-likeness (QED) is 0.619. The molecule has 0 aromatic rings. The van der Waals surface area contributed by atoms with E-state index in [1.165, 1.54) is 25.7 Å². The van der Waals surface area contributed by atoms with Gasteiger partial charge in [0.15, 0.2) is 0 Å². The second-order valence-electron chi connectivity index (χ2n) is 7.44. The van der Waals surface area contributed by atoms with Crippen LogP contribution in [0.15, 0.2) is 12.2 Å². The first-order valence-electron chi connectivity index (χ1n) is 6.68. The van der Waals surface area contributed by atoms with Crippen LogP contribution in [0.3, 0.4) is 0 Å². The fourth-order valence-electron chi connectivity index (χ4n) is 5.17. The van der Waals surface area contributed by atoms with Crippen LogP contribution in [0.1, 0.15) is 53.4 Å². The summed E-state index contributed by atoms with van der Waals surface area (Å²) < 4.78 is 0. The summed E-state index contributed by atoms with van der Waals surface area (Å²) in [5, 5.41) is 10.5. The standard InChI is InChI=1S/C15H24O/c1-12(2)6-5-7-13(3)8-9-14(4,16)11-10-15(11,12)13/h8-9,11,16H,5-7,10H2,1-4H3/t11-,13+,14+,15-/m0/s1. The van der Waals surface area contributed by atoms with Crippen molar-refractivity contribution in [2.45, 2.75) is 59.0 Å². The molecular formula is C15H24O. The van der Waals surface area contributed by atoms with Crippen LogP contribution in [0.5, 0.6) is 0 Å². The van der Waals surface area contributed by atoms with E-state index in [2.05, 4.69) is 32.9 Å². The molecule has 1 nitrogen and oxygen atoms in total. The van der Waals surface area contributed by atoms with E-state index < -0.39 is 5.60 Å². The highest BCUT2D eigenvalue weighted by molar-refractivity contribution is 5.34. The first-order valence-corrected chi connectivity index (χ1v) is 6.68. The zero-order valence-corrected chi connectivity index (χ0v) is 11.0. The largest absolute Gasteiger partial charge is 0.386 e. The van der Waals surface area contributed by atoms with Gasteiger partial charge >= 0.3 is 0 Å². The summed E-state index contributed by atoms with van der Waals surface area (Å²) in [6, 6.07) is 0. The van der Waals surface area contributed by atoms with Crippen molar-refractivity contribution < 1.29 is 5.11 Å². The molecular weight excluding hydrogens is 196 g/mol. The van der Waals surface area contributed by atoms with Crippen molar-refractivity contribution in [3.8, 4) is 0 Å². The van der Waals surface area contributed by atoms with Crippen LogP contribution in [0, 0.1) is 22.2 Å². The molecule has 0 heterocycles. The Morgan fingerprint density at radius 1 is 1.06 bits per heavy atom. The van der Waals surface area contributed by atoms with Gasteiger partial charge in [-0.2, -0.15) is 0 Å². The van der Waals surface area contributed by atoms with Gasteiger partial charge in [0.05, 0.1) is 5.60 Å². The zero-order chi connectivity index (χ0) is 11.8. The van der Waals surface area contributed by atoms with Gasteiger partial charge < -0.3 is 5.11 Å². The third kappa shape index (κ3) is 0.971. The SMILES string of the molecule is CC1(C)CCC[C@]2(C)C=C[C@@](C)(O)[C@@H]3C[C@]312. The highest BCUT2D eigenvalue weighted by Gasteiger charge is 2.75. The van der Waals surface area contributed by atoms with Crippen molar-refractivity contribution in [2.24, 2.45) is 22.2 Å². The lowest BCUT2D eigenvalue weighted by Gasteiger charge is -2.55. The summed E-state index contributed by atoms with van der Waals surface area (Å²) in [4.78, 5) is 0. The molecule has 3 rings (SSSR count). The summed E-state index contributed by atoms with van der Waals surface area (Å²) in [6.07, 6.45) is 9.59. The van der Waals surface area contributed by atoms with Crippen molar-refractivity contribution in [3.05, 3.63) is 12.2 Å². The maximum atomic E-state index is 10.5. The molecule has 1 N–H and O–H groups in total. The highest BCUT2D eigenvalue weighted by Crippen LogP contribution is 2.80. The maximum Gasteiger partial charge on any atom is 0.0833 e. The predicted molar refractivity (Wildman–Crippen MR) is 66.0 cm³/mol. The van der Waals surface area contributed by atoms with Gasteiger partial charge in [0.25, 0.3) is 0 Å². The highest BCUT2D eigenvalue weighted by atomic mass is 16.3. The molecule has 2 fully saturated rings. The molecule has 3 aliphatic carbocycles. The second-order valence-corrected chi connectivity index (χ2v) is 7.44. The topological polar surface area (TPSA) is 20.2 Å². The van der Waals surface area contributed by atoms with E-state index in [0.717, 1.165) is 0 Å². The molecule has 0 aromatic heterocycles. The molecule has 0 unspecified atom stereocenters. The van der Waals surface area contributed by atoms with Crippen LogP contribution in [-0.4, -0.2) is 10.7 Å². The van der Waals surface area contributed by atoms with Gasteiger partial charge in [-0.05, 0) is 48.3 Å². The summed E-state index contributed by atoms with van der Waals surface area (Å²) >= 11 is 0. The van der Waals surface area contributed by atoms with Crippen molar-refractivity contribution in [3.63, 3.8) is 0 Å². The fourth-order valence-corrected chi connectivity index (χ4v) is 5.17. The van der Waals surface area contributed by atoms with Crippen molar-refractivity contribution in [1.29, 1.82) is 0 Å². The monoisotopic (exact) mass is 220 g/mol. The van der Waals surface area contributed by atoms with Crippen molar-refractivity contribution in [2.75, 3.05) is 0 Å². The molecule has 0 aliphatic heterocycles. The van der Waals surface area contributed by atoms with Crippen LogP contribution in [0.25, 0.3) is 0 Å². The van der Waals surface area contributed by atoms with Gasteiger partial charge in [-0.25, -0.2) is 0 Å².